The first kappa shape index (κ1) is 26.7. The molecule has 0 amide bonds. The maximum atomic E-state index is 2.41. The molecule has 9 aromatic rings. The van der Waals surface area contributed by atoms with Crippen molar-refractivity contribution >= 4 is 70.1 Å². The predicted octanol–water partition coefficient (Wildman–Crippen LogP) is 13.2. The molecule has 0 spiro atoms. The van der Waals surface area contributed by atoms with Gasteiger partial charge in [-0.3, -0.25) is 0 Å². The zero-order valence-electron chi connectivity index (χ0n) is 25.1. The predicted molar refractivity (Wildman–Crippen MR) is 200 cm³/mol. The van der Waals surface area contributed by atoms with Crippen LogP contribution in [0.15, 0.2) is 176 Å². The van der Waals surface area contributed by atoms with Gasteiger partial charge in [0.1, 0.15) is 0 Å². The van der Waals surface area contributed by atoms with Crippen molar-refractivity contribution in [3.8, 4) is 22.3 Å². The molecule has 0 aliphatic carbocycles. The van der Waals surface area contributed by atoms with Crippen molar-refractivity contribution < 1.29 is 0 Å². The standard InChI is InChI=1S/C44H29NS/c1-2-11-31(12-3-1)38-16-6-8-19-42(38)45(34-24-21-32(22-25-34)37-18-10-14-30-13-4-5-15-36(30)37)35-26-28-39-33(29-35)23-27-41-40-17-7-9-20-43(40)46-44(39)41/h1-29H. The normalized spacial score (nSPS) is 11.5. The van der Waals surface area contributed by atoms with Gasteiger partial charge in [0.25, 0.3) is 0 Å². The number of para-hydroxylation sites is 1. The summed E-state index contributed by atoms with van der Waals surface area (Å²) < 4.78 is 2.68. The molecule has 216 valence electrons. The van der Waals surface area contributed by atoms with E-state index >= 15 is 0 Å². The van der Waals surface area contributed by atoms with E-state index in [2.05, 4.69) is 181 Å². The average molecular weight is 604 g/mol. The van der Waals surface area contributed by atoms with E-state index in [1.54, 1.807) is 0 Å². The van der Waals surface area contributed by atoms with Crippen LogP contribution in [-0.2, 0) is 0 Å². The number of hydrogen-bond donors (Lipinski definition) is 0. The van der Waals surface area contributed by atoms with Crippen LogP contribution in [0.3, 0.4) is 0 Å². The Labute approximate surface area is 272 Å². The van der Waals surface area contributed by atoms with Crippen molar-refractivity contribution in [1.29, 1.82) is 0 Å². The third-order valence-corrected chi connectivity index (χ3v) is 10.3. The van der Waals surface area contributed by atoms with E-state index in [9.17, 15) is 0 Å². The van der Waals surface area contributed by atoms with Gasteiger partial charge in [-0.15, -0.1) is 11.3 Å². The summed E-state index contributed by atoms with van der Waals surface area (Å²) in [7, 11) is 0. The van der Waals surface area contributed by atoms with Crippen LogP contribution in [0.25, 0.3) is 64.0 Å². The lowest BCUT2D eigenvalue weighted by atomic mass is 9.97. The van der Waals surface area contributed by atoms with Crippen LogP contribution in [-0.4, -0.2) is 0 Å². The summed E-state index contributed by atoms with van der Waals surface area (Å²) in [5.41, 5.74) is 8.25. The number of nitrogens with zero attached hydrogens (tertiary/aromatic N) is 1. The summed E-state index contributed by atoms with van der Waals surface area (Å²) in [6, 6.07) is 63.9. The number of rotatable bonds is 5. The van der Waals surface area contributed by atoms with Gasteiger partial charge in [0, 0.05) is 37.1 Å². The summed E-state index contributed by atoms with van der Waals surface area (Å²) >= 11 is 1.88. The van der Waals surface area contributed by atoms with Crippen LogP contribution < -0.4 is 4.90 Å². The molecule has 46 heavy (non-hydrogen) atoms. The third-order valence-electron chi connectivity index (χ3n) is 9.06. The molecular weight excluding hydrogens is 575 g/mol. The summed E-state index contributed by atoms with van der Waals surface area (Å²) in [5.74, 6) is 0. The van der Waals surface area contributed by atoms with Crippen molar-refractivity contribution in [3.63, 3.8) is 0 Å². The van der Waals surface area contributed by atoms with Crippen LogP contribution in [0.1, 0.15) is 0 Å². The molecule has 0 saturated carbocycles. The molecule has 0 radical (unpaired) electrons. The Morgan fingerprint density at radius 1 is 0.370 bits per heavy atom. The van der Waals surface area contributed by atoms with Gasteiger partial charge in [0.2, 0.25) is 0 Å². The van der Waals surface area contributed by atoms with E-state index in [0.29, 0.717) is 0 Å². The van der Waals surface area contributed by atoms with Gasteiger partial charge >= 0.3 is 0 Å². The van der Waals surface area contributed by atoms with Gasteiger partial charge in [-0.2, -0.15) is 0 Å². The van der Waals surface area contributed by atoms with Crippen LogP contribution in [0.2, 0.25) is 0 Å². The maximum Gasteiger partial charge on any atom is 0.0540 e. The average Bonchev–Trinajstić information content (AvgIpc) is 3.52. The Morgan fingerprint density at radius 2 is 1.02 bits per heavy atom. The van der Waals surface area contributed by atoms with E-state index in [4.69, 9.17) is 0 Å². The Kier molecular flexibility index (Phi) is 6.40. The number of thiophene rings is 1. The van der Waals surface area contributed by atoms with Gasteiger partial charge in [-0.1, -0.05) is 140 Å². The highest BCUT2D eigenvalue weighted by Crippen LogP contribution is 2.44. The molecule has 2 heteroatoms. The second kappa shape index (κ2) is 11.0. The van der Waals surface area contributed by atoms with Crippen molar-refractivity contribution in [2.75, 3.05) is 4.90 Å². The monoisotopic (exact) mass is 603 g/mol. The second-order valence-electron chi connectivity index (χ2n) is 11.7. The number of fused-ring (bicyclic) bond motifs is 6. The van der Waals surface area contributed by atoms with Crippen LogP contribution >= 0.6 is 11.3 Å². The number of anilines is 3. The molecule has 0 saturated heterocycles. The highest BCUT2D eigenvalue weighted by atomic mass is 32.1. The largest absolute Gasteiger partial charge is 0.310 e. The molecule has 0 N–H and O–H groups in total. The smallest absolute Gasteiger partial charge is 0.0540 e. The molecule has 1 heterocycles. The Hall–Kier alpha value is -5.70. The van der Waals surface area contributed by atoms with Gasteiger partial charge < -0.3 is 4.90 Å². The number of benzene rings is 8. The minimum atomic E-state index is 1.12. The fourth-order valence-electron chi connectivity index (χ4n) is 6.86. The van der Waals surface area contributed by atoms with Gasteiger partial charge in [-0.25, -0.2) is 0 Å². The van der Waals surface area contributed by atoms with E-state index in [0.717, 1.165) is 17.1 Å². The van der Waals surface area contributed by atoms with E-state index < -0.39 is 0 Å². The number of hydrogen-bond acceptors (Lipinski definition) is 2. The summed E-state index contributed by atoms with van der Waals surface area (Å²) in [4.78, 5) is 2.41. The second-order valence-corrected chi connectivity index (χ2v) is 12.8. The highest BCUT2D eigenvalue weighted by molar-refractivity contribution is 7.26. The molecule has 0 atom stereocenters. The van der Waals surface area contributed by atoms with Crippen molar-refractivity contribution in [3.05, 3.63) is 176 Å². The van der Waals surface area contributed by atoms with Crippen LogP contribution in [0.4, 0.5) is 17.1 Å². The van der Waals surface area contributed by atoms with Gasteiger partial charge in [0.15, 0.2) is 0 Å². The van der Waals surface area contributed by atoms with Crippen molar-refractivity contribution in [2.24, 2.45) is 0 Å². The fraction of sp³-hybridized carbons (Fsp3) is 0. The molecule has 0 bridgehead atoms. The Balaban J connectivity index is 1.22. The van der Waals surface area contributed by atoms with Gasteiger partial charge in [-0.05, 0) is 74.6 Å². The molecule has 8 aromatic carbocycles. The molecule has 1 nitrogen and oxygen atoms in total. The van der Waals surface area contributed by atoms with Crippen molar-refractivity contribution in [2.45, 2.75) is 0 Å². The minimum Gasteiger partial charge on any atom is -0.310 e. The zero-order chi connectivity index (χ0) is 30.5. The lowest BCUT2D eigenvalue weighted by Crippen LogP contribution is -2.11. The SMILES string of the molecule is c1ccc(-c2ccccc2N(c2ccc(-c3cccc4ccccc34)cc2)c2ccc3c(ccc4c5ccccc5sc34)c2)cc1. The van der Waals surface area contributed by atoms with Crippen LogP contribution in [0, 0.1) is 0 Å². The van der Waals surface area contributed by atoms with Crippen LogP contribution in [0.5, 0.6) is 0 Å². The van der Waals surface area contributed by atoms with Gasteiger partial charge in [0.05, 0.1) is 5.69 Å². The molecule has 0 aliphatic rings. The molecular formula is C44H29NS. The lowest BCUT2D eigenvalue weighted by molar-refractivity contribution is 1.29. The van der Waals surface area contributed by atoms with E-state index in [-0.39, 0.29) is 0 Å². The topological polar surface area (TPSA) is 3.24 Å². The van der Waals surface area contributed by atoms with E-state index in [1.807, 2.05) is 11.3 Å². The quantitative estimate of drug-likeness (QED) is 0.189. The molecule has 0 unspecified atom stereocenters. The first-order valence-corrected chi connectivity index (χ1v) is 16.5. The lowest BCUT2D eigenvalue weighted by Gasteiger charge is -2.28. The highest BCUT2D eigenvalue weighted by Gasteiger charge is 2.18. The molecule has 0 aliphatic heterocycles. The molecule has 1 aromatic heterocycles. The Morgan fingerprint density at radius 3 is 1.91 bits per heavy atom. The first-order valence-electron chi connectivity index (χ1n) is 15.7. The maximum absolute atomic E-state index is 2.41. The summed E-state index contributed by atoms with van der Waals surface area (Å²) in [6.07, 6.45) is 0. The summed E-state index contributed by atoms with van der Waals surface area (Å²) in [5, 5.41) is 7.73. The van der Waals surface area contributed by atoms with E-state index in [1.165, 1.54) is 64.0 Å². The zero-order valence-corrected chi connectivity index (χ0v) is 25.9. The summed E-state index contributed by atoms with van der Waals surface area (Å²) in [6.45, 7) is 0. The molecule has 0 fully saturated rings. The molecule has 9 rings (SSSR count). The fourth-order valence-corrected chi connectivity index (χ4v) is 8.10. The minimum absolute atomic E-state index is 1.12. The third kappa shape index (κ3) is 4.46. The Bertz CT molecular complexity index is 2520. The first-order chi connectivity index (χ1) is 22.8. The van der Waals surface area contributed by atoms with Crippen molar-refractivity contribution in [1.82, 2.24) is 0 Å².